The molecule has 0 radical (unpaired) electrons. The number of hydrogen-bond donors (Lipinski definition) is 0. The zero-order chi connectivity index (χ0) is 14.2. The number of aliphatic imine (C=N–C) groups is 2. The molecular weight excluding hydrogens is 378 g/mol. The van der Waals surface area contributed by atoms with Crippen LogP contribution in [0.15, 0.2) is 58.5 Å². The van der Waals surface area contributed by atoms with E-state index in [1.807, 2.05) is 61.0 Å². The molecule has 2 nitrogen and oxygen atoms in total. The Morgan fingerprint density at radius 1 is 0.700 bits per heavy atom. The van der Waals surface area contributed by atoms with Gasteiger partial charge in [-0.15, -0.1) is 0 Å². The third kappa shape index (κ3) is 4.73. The molecule has 2 rings (SSSR count). The van der Waals surface area contributed by atoms with Gasteiger partial charge in [-0.05, 0) is 0 Å². The molecule has 0 aromatic heterocycles. The first kappa shape index (κ1) is 15.2. The van der Waals surface area contributed by atoms with Crippen LogP contribution in [-0.2, 0) is 0 Å². The molecule has 0 amide bonds. The molecule has 20 heavy (non-hydrogen) atoms. The van der Waals surface area contributed by atoms with E-state index in [0.29, 0.717) is 13.1 Å². The van der Waals surface area contributed by atoms with Crippen LogP contribution in [0.2, 0.25) is 0 Å². The van der Waals surface area contributed by atoms with Crippen LogP contribution in [0, 0.1) is 0 Å². The fourth-order valence-electron chi connectivity index (χ4n) is 1.62. The van der Waals surface area contributed by atoms with E-state index in [0.717, 1.165) is 20.1 Å². The molecule has 0 aliphatic rings. The molecule has 0 unspecified atom stereocenters. The van der Waals surface area contributed by atoms with Crippen molar-refractivity contribution in [1.82, 2.24) is 0 Å². The molecule has 0 saturated carbocycles. The summed E-state index contributed by atoms with van der Waals surface area (Å²) < 4.78 is 2.24. The minimum atomic E-state index is 0.695. The first-order chi connectivity index (χ1) is 9.77. The Balaban J connectivity index is 1.82. The van der Waals surface area contributed by atoms with Crippen molar-refractivity contribution in [1.29, 1.82) is 0 Å². The zero-order valence-electron chi connectivity index (χ0n) is 10.9. The first-order valence-corrected chi connectivity index (χ1v) is 8.00. The van der Waals surface area contributed by atoms with E-state index in [4.69, 9.17) is 0 Å². The summed E-state index contributed by atoms with van der Waals surface area (Å²) in [7, 11) is 0. The quantitative estimate of drug-likeness (QED) is 0.409. The van der Waals surface area contributed by atoms with Gasteiger partial charge in [0.05, 0.1) is 0 Å². The SMILES string of the molecule is [Se-]c1ccccc1C=NCCN=Cc1ccccc1[Se-]. The van der Waals surface area contributed by atoms with Crippen LogP contribution in [-0.4, -0.2) is 57.5 Å². The number of rotatable bonds is 5. The van der Waals surface area contributed by atoms with Gasteiger partial charge in [-0.25, -0.2) is 0 Å². The van der Waals surface area contributed by atoms with Crippen LogP contribution in [0.5, 0.6) is 0 Å². The van der Waals surface area contributed by atoms with Crippen LogP contribution in [0.1, 0.15) is 11.1 Å². The third-order valence-electron chi connectivity index (χ3n) is 2.66. The standard InChI is InChI=1S/C16H16N2Se2/c19-15-7-3-1-5-13(15)11-17-9-10-18-12-14-6-2-4-8-16(14)20/h1-8,11-12,19-20H,9-10H2/p-2. The molecule has 0 saturated heterocycles. The van der Waals surface area contributed by atoms with Gasteiger partial charge in [0.1, 0.15) is 0 Å². The molecule has 0 N–H and O–H groups in total. The molecule has 2 aromatic rings. The Labute approximate surface area is 136 Å². The summed E-state index contributed by atoms with van der Waals surface area (Å²) in [5, 5.41) is 0. The molecule has 4 heteroatoms. The summed E-state index contributed by atoms with van der Waals surface area (Å²) in [5.41, 5.74) is 2.23. The maximum atomic E-state index is 4.39. The molecule has 0 heterocycles. The van der Waals surface area contributed by atoms with Crippen molar-refractivity contribution in [3.05, 3.63) is 59.7 Å². The van der Waals surface area contributed by atoms with Gasteiger partial charge in [0, 0.05) is 0 Å². The van der Waals surface area contributed by atoms with Crippen molar-refractivity contribution in [3.8, 4) is 0 Å². The van der Waals surface area contributed by atoms with Gasteiger partial charge in [-0.1, -0.05) is 0 Å². The van der Waals surface area contributed by atoms with Gasteiger partial charge in [0.2, 0.25) is 0 Å². The Morgan fingerprint density at radius 2 is 1.10 bits per heavy atom. The second-order valence-corrected chi connectivity index (χ2v) is 5.99. The van der Waals surface area contributed by atoms with Crippen LogP contribution in [0.3, 0.4) is 0 Å². The summed E-state index contributed by atoms with van der Waals surface area (Å²) in [6.45, 7) is 1.39. The summed E-state index contributed by atoms with van der Waals surface area (Å²) in [5.74, 6) is 0. The predicted octanol–water partition coefficient (Wildman–Crippen LogP) is 0.812. The van der Waals surface area contributed by atoms with Gasteiger partial charge in [0.25, 0.3) is 0 Å². The average molecular weight is 392 g/mol. The van der Waals surface area contributed by atoms with E-state index in [9.17, 15) is 0 Å². The second-order valence-electron chi connectivity index (χ2n) is 4.15. The number of nitrogens with zero attached hydrogens (tertiary/aromatic N) is 2. The van der Waals surface area contributed by atoms with E-state index in [2.05, 4.69) is 42.0 Å². The molecule has 2 aromatic carbocycles. The van der Waals surface area contributed by atoms with Crippen molar-refractivity contribution in [2.24, 2.45) is 9.98 Å². The van der Waals surface area contributed by atoms with Gasteiger partial charge in [-0.2, -0.15) is 0 Å². The maximum absolute atomic E-state index is 4.39. The van der Waals surface area contributed by atoms with Crippen LogP contribution >= 0.6 is 0 Å². The number of benzene rings is 2. The number of hydrogen-bond acceptors (Lipinski definition) is 2. The molecule has 0 fully saturated rings. The Kier molecular flexibility index (Phi) is 6.22. The van der Waals surface area contributed by atoms with Crippen molar-refractivity contribution in [3.63, 3.8) is 0 Å². The molecule has 102 valence electrons. The zero-order valence-corrected chi connectivity index (χ0v) is 14.3. The molecular formula is C16H14N2Se2-2. The van der Waals surface area contributed by atoms with Crippen molar-refractivity contribution in [2.45, 2.75) is 0 Å². The second kappa shape index (κ2) is 8.18. The van der Waals surface area contributed by atoms with Crippen molar-refractivity contribution >= 4 is 53.4 Å². The Hall–Kier alpha value is -1.18. The molecule has 0 spiro atoms. The van der Waals surface area contributed by atoms with Crippen molar-refractivity contribution < 1.29 is 0 Å². The fourth-order valence-corrected chi connectivity index (χ4v) is 2.45. The average Bonchev–Trinajstić information content (AvgIpc) is 2.46. The normalized spacial score (nSPS) is 11.4. The monoisotopic (exact) mass is 394 g/mol. The van der Waals surface area contributed by atoms with E-state index in [1.165, 1.54) is 0 Å². The Bertz CT molecular complexity index is 566. The summed E-state index contributed by atoms with van der Waals surface area (Å²) in [4.78, 5) is 8.78. The third-order valence-corrected chi connectivity index (χ3v) is 4.22. The first-order valence-electron chi connectivity index (χ1n) is 6.29. The predicted molar refractivity (Wildman–Crippen MR) is 88.6 cm³/mol. The molecule has 0 bridgehead atoms. The van der Waals surface area contributed by atoms with Crippen molar-refractivity contribution in [2.75, 3.05) is 13.1 Å². The van der Waals surface area contributed by atoms with Gasteiger partial charge in [0.15, 0.2) is 0 Å². The van der Waals surface area contributed by atoms with Crippen LogP contribution in [0.25, 0.3) is 0 Å². The summed E-state index contributed by atoms with van der Waals surface area (Å²) in [6.07, 6.45) is 3.78. The summed E-state index contributed by atoms with van der Waals surface area (Å²) >= 11 is 6.05. The van der Waals surface area contributed by atoms with E-state index in [-0.39, 0.29) is 0 Å². The van der Waals surface area contributed by atoms with Crippen LogP contribution in [0.4, 0.5) is 0 Å². The topological polar surface area (TPSA) is 24.7 Å². The molecule has 0 atom stereocenters. The molecule has 0 aliphatic carbocycles. The van der Waals surface area contributed by atoms with E-state index < -0.39 is 0 Å². The van der Waals surface area contributed by atoms with Crippen LogP contribution < -0.4 is 8.92 Å². The minimum absolute atomic E-state index is 0.695. The summed E-state index contributed by atoms with van der Waals surface area (Å²) in [6, 6.07) is 16.2. The Morgan fingerprint density at radius 3 is 1.50 bits per heavy atom. The van der Waals surface area contributed by atoms with E-state index in [1.54, 1.807) is 0 Å². The molecule has 0 aliphatic heterocycles. The van der Waals surface area contributed by atoms with Gasteiger partial charge in [-0.3, -0.25) is 0 Å². The fraction of sp³-hybridized carbons (Fsp3) is 0.125. The van der Waals surface area contributed by atoms with Gasteiger partial charge >= 0.3 is 136 Å². The van der Waals surface area contributed by atoms with Gasteiger partial charge < -0.3 is 0 Å². The van der Waals surface area contributed by atoms with E-state index >= 15 is 0 Å².